The van der Waals surface area contributed by atoms with Crippen LogP contribution in [0.5, 0.6) is 5.75 Å². The Morgan fingerprint density at radius 2 is 1.82 bits per heavy atom. The van der Waals surface area contributed by atoms with Gasteiger partial charge in [-0.2, -0.15) is 5.10 Å². The smallest absolute Gasteiger partial charge is 0.276 e. The van der Waals surface area contributed by atoms with Gasteiger partial charge in [-0.3, -0.25) is 14.3 Å². The number of nitrogens with zero attached hydrogens (tertiary/aromatic N) is 3. The average Bonchev–Trinajstić information content (AvgIpc) is 2.95. The van der Waals surface area contributed by atoms with Crippen molar-refractivity contribution in [2.75, 3.05) is 19.4 Å². The highest BCUT2D eigenvalue weighted by Gasteiger charge is 2.25. The quantitative estimate of drug-likeness (QED) is 0.738. The van der Waals surface area contributed by atoms with Gasteiger partial charge in [0.05, 0.1) is 11.4 Å². The van der Waals surface area contributed by atoms with Gasteiger partial charge in [0, 0.05) is 26.5 Å². The van der Waals surface area contributed by atoms with E-state index < -0.39 is 6.10 Å². The van der Waals surface area contributed by atoms with Crippen LogP contribution >= 0.6 is 0 Å². The van der Waals surface area contributed by atoms with Crippen LogP contribution in [-0.4, -0.2) is 46.7 Å². The van der Waals surface area contributed by atoms with Gasteiger partial charge in [-0.15, -0.1) is 0 Å². The number of hydrogen-bond donors (Lipinski definition) is 1. The zero-order valence-electron chi connectivity index (χ0n) is 16.7. The maximum Gasteiger partial charge on any atom is 0.276 e. The largest absolute Gasteiger partial charge is 0.480 e. The summed E-state index contributed by atoms with van der Waals surface area (Å²) in [6.07, 6.45) is -0.757. The zero-order valence-corrected chi connectivity index (χ0v) is 16.7. The van der Waals surface area contributed by atoms with Gasteiger partial charge in [0.1, 0.15) is 5.75 Å². The number of carbonyl (C=O) groups is 2. The summed E-state index contributed by atoms with van der Waals surface area (Å²) in [5.41, 5.74) is 1.30. The fourth-order valence-corrected chi connectivity index (χ4v) is 2.89. The Labute approximate surface area is 163 Å². The number of fused-ring (bicyclic) bond motifs is 1. The number of benzene rings is 2. The van der Waals surface area contributed by atoms with E-state index in [-0.39, 0.29) is 17.5 Å². The lowest BCUT2D eigenvalue weighted by atomic mass is 10.1. The third-order valence-corrected chi connectivity index (χ3v) is 4.61. The van der Waals surface area contributed by atoms with Crippen molar-refractivity contribution < 1.29 is 14.3 Å². The minimum atomic E-state index is -0.757. The van der Waals surface area contributed by atoms with Crippen LogP contribution in [0.15, 0.2) is 42.5 Å². The second-order valence-electron chi connectivity index (χ2n) is 6.86. The molecule has 0 aliphatic carbocycles. The van der Waals surface area contributed by atoms with E-state index in [2.05, 4.69) is 10.4 Å². The second kappa shape index (κ2) is 7.72. The molecule has 28 heavy (non-hydrogen) atoms. The van der Waals surface area contributed by atoms with Crippen LogP contribution in [0.2, 0.25) is 0 Å². The number of aromatic nitrogens is 2. The fraction of sp³-hybridized carbons (Fsp3) is 0.286. The van der Waals surface area contributed by atoms with Crippen LogP contribution in [-0.2, 0) is 11.8 Å². The third kappa shape index (κ3) is 3.69. The van der Waals surface area contributed by atoms with Crippen molar-refractivity contribution in [1.29, 1.82) is 0 Å². The summed E-state index contributed by atoms with van der Waals surface area (Å²) in [6, 6.07) is 13.5. The first-order chi connectivity index (χ1) is 13.3. The van der Waals surface area contributed by atoms with Gasteiger partial charge in [0.2, 0.25) is 0 Å². The molecule has 146 valence electrons. The lowest BCUT2D eigenvalue weighted by molar-refractivity contribution is -0.122. The molecule has 0 saturated heterocycles. The van der Waals surface area contributed by atoms with Gasteiger partial charge in [-0.1, -0.05) is 36.4 Å². The average molecular weight is 380 g/mol. The summed E-state index contributed by atoms with van der Waals surface area (Å²) in [6.45, 7) is 3.47. The van der Waals surface area contributed by atoms with E-state index in [1.165, 1.54) is 4.90 Å². The molecule has 0 bridgehead atoms. The number of amides is 2. The molecule has 3 rings (SSSR count). The number of anilines is 1. The maximum atomic E-state index is 12.8. The van der Waals surface area contributed by atoms with Crippen molar-refractivity contribution >= 4 is 28.3 Å². The van der Waals surface area contributed by atoms with E-state index in [4.69, 9.17) is 4.74 Å². The predicted molar refractivity (Wildman–Crippen MR) is 109 cm³/mol. The topological polar surface area (TPSA) is 76.5 Å². The first-order valence-electron chi connectivity index (χ1n) is 9.00. The molecular formula is C21H24N4O3. The lowest BCUT2D eigenvalue weighted by Gasteiger charge is -2.17. The van der Waals surface area contributed by atoms with Gasteiger partial charge in [-0.05, 0) is 25.3 Å². The van der Waals surface area contributed by atoms with E-state index in [1.54, 1.807) is 39.7 Å². The Morgan fingerprint density at radius 3 is 2.54 bits per heavy atom. The van der Waals surface area contributed by atoms with Crippen molar-refractivity contribution in [3.05, 3.63) is 53.9 Å². The molecule has 0 aliphatic rings. The van der Waals surface area contributed by atoms with Crippen molar-refractivity contribution in [1.82, 2.24) is 14.7 Å². The fourth-order valence-electron chi connectivity index (χ4n) is 2.89. The summed E-state index contributed by atoms with van der Waals surface area (Å²) in [5, 5.41) is 9.02. The SMILES string of the molecule is Cc1c(NC(=O)C(C)Oc2cccc3ccccc23)c(C(=O)N(C)C)nn1C. The summed E-state index contributed by atoms with van der Waals surface area (Å²) in [4.78, 5) is 26.6. The van der Waals surface area contributed by atoms with Gasteiger partial charge in [0.15, 0.2) is 11.8 Å². The number of rotatable bonds is 5. The molecule has 3 aromatic rings. The molecule has 1 unspecified atom stereocenters. The van der Waals surface area contributed by atoms with Gasteiger partial charge >= 0.3 is 0 Å². The standard InChI is InChI=1S/C21H24N4O3/c1-13-18(19(23-25(13)5)21(27)24(3)4)22-20(26)14(2)28-17-12-8-10-15-9-6-7-11-16(15)17/h6-12,14H,1-5H3,(H,22,26). The van der Waals surface area contributed by atoms with E-state index in [1.807, 2.05) is 42.5 Å². The minimum Gasteiger partial charge on any atom is -0.480 e. The number of nitrogens with one attached hydrogen (secondary N) is 1. The van der Waals surface area contributed by atoms with Crippen molar-refractivity contribution in [3.63, 3.8) is 0 Å². The molecule has 1 aromatic heterocycles. The first-order valence-corrected chi connectivity index (χ1v) is 9.00. The highest BCUT2D eigenvalue weighted by atomic mass is 16.5. The Balaban J connectivity index is 1.83. The molecule has 0 radical (unpaired) electrons. The van der Waals surface area contributed by atoms with Crippen LogP contribution in [0.25, 0.3) is 10.8 Å². The summed E-state index contributed by atoms with van der Waals surface area (Å²) >= 11 is 0. The Morgan fingerprint density at radius 1 is 1.14 bits per heavy atom. The van der Waals surface area contributed by atoms with E-state index >= 15 is 0 Å². The Hall–Kier alpha value is -3.35. The lowest BCUT2D eigenvalue weighted by Crippen LogP contribution is -2.31. The van der Waals surface area contributed by atoms with Crippen molar-refractivity contribution in [2.45, 2.75) is 20.0 Å². The molecule has 1 heterocycles. The molecule has 1 atom stereocenters. The van der Waals surface area contributed by atoms with Crippen LogP contribution in [0, 0.1) is 6.92 Å². The van der Waals surface area contributed by atoms with E-state index in [9.17, 15) is 9.59 Å². The predicted octanol–water partition coefficient (Wildman–Crippen LogP) is 2.99. The van der Waals surface area contributed by atoms with Gasteiger partial charge in [-0.25, -0.2) is 0 Å². The number of ether oxygens (including phenoxy) is 1. The second-order valence-corrected chi connectivity index (χ2v) is 6.86. The number of carbonyl (C=O) groups excluding carboxylic acids is 2. The highest BCUT2D eigenvalue weighted by Crippen LogP contribution is 2.27. The Bertz CT molecular complexity index is 1030. The van der Waals surface area contributed by atoms with Crippen LogP contribution in [0.3, 0.4) is 0 Å². The van der Waals surface area contributed by atoms with Crippen LogP contribution < -0.4 is 10.1 Å². The minimum absolute atomic E-state index is 0.204. The molecule has 7 heteroatoms. The third-order valence-electron chi connectivity index (χ3n) is 4.61. The number of aryl methyl sites for hydroxylation is 1. The van der Waals surface area contributed by atoms with Gasteiger partial charge < -0.3 is 15.0 Å². The van der Waals surface area contributed by atoms with Crippen molar-refractivity contribution in [3.8, 4) is 5.75 Å². The highest BCUT2D eigenvalue weighted by molar-refractivity contribution is 6.04. The summed E-state index contributed by atoms with van der Waals surface area (Å²) < 4.78 is 7.49. The first kappa shape index (κ1) is 19.4. The molecule has 0 saturated carbocycles. The monoisotopic (exact) mass is 380 g/mol. The molecule has 0 spiro atoms. The molecule has 2 aromatic carbocycles. The van der Waals surface area contributed by atoms with E-state index in [0.717, 1.165) is 10.8 Å². The van der Waals surface area contributed by atoms with Crippen molar-refractivity contribution in [2.24, 2.45) is 7.05 Å². The summed E-state index contributed by atoms with van der Waals surface area (Å²) in [7, 11) is 5.02. The molecule has 1 N–H and O–H groups in total. The molecule has 0 aliphatic heterocycles. The van der Waals surface area contributed by atoms with Crippen LogP contribution in [0.1, 0.15) is 23.1 Å². The molecule has 2 amide bonds. The van der Waals surface area contributed by atoms with Gasteiger partial charge in [0.25, 0.3) is 11.8 Å². The van der Waals surface area contributed by atoms with Crippen LogP contribution in [0.4, 0.5) is 5.69 Å². The molecule has 7 nitrogen and oxygen atoms in total. The molecular weight excluding hydrogens is 356 g/mol. The molecule has 0 fully saturated rings. The summed E-state index contributed by atoms with van der Waals surface area (Å²) in [5.74, 6) is 0.00622. The van der Waals surface area contributed by atoms with E-state index in [0.29, 0.717) is 17.1 Å². The number of hydrogen-bond acceptors (Lipinski definition) is 4. The normalized spacial score (nSPS) is 11.9. The maximum absolute atomic E-state index is 12.8. The zero-order chi connectivity index (χ0) is 20.4. The Kier molecular flexibility index (Phi) is 5.35.